The summed E-state index contributed by atoms with van der Waals surface area (Å²) in [7, 11) is 0. The molecule has 9 heteroatoms. The number of carbonyl (C=O) groups excluding carboxylic acids is 1. The Bertz CT molecular complexity index is 1010. The Morgan fingerprint density at radius 2 is 1.53 bits per heavy atom. The van der Waals surface area contributed by atoms with Crippen LogP contribution in [0.25, 0.3) is 21.1 Å². The van der Waals surface area contributed by atoms with Crippen molar-refractivity contribution in [1.29, 1.82) is 0 Å². The monoisotopic (exact) mass is 442 g/mol. The van der Waals surface area contributed by atoms with E-state index in [4.69, 9.17) is 19.4 Å². The van der Waals surface area contributed by atoms with E-state index in [1.807, 2.05) is 30.3 Å². The van der Waals surface area contributed by atoms with Gasteiger partial charge in [0.25, 0.3) is 0 Å². The zero-order chi connectivity index (χ0) is 20.3. The van der Waals surface area contributed by atoms with Crippen LogP contribution in [0.3, 0.4) is 0 Å². The highest BCUT2D eigenvalue weighted by atomic mass is 32.1. The molecule has 4 heterocycles. The van der Waals surface area contributed by atoms with Crippen molar-refractivity contribution in [3.8, 4) is 21.1 Å². The molecule has 0 aliphatic carbocycles. The van der Waals surface area contributed by atoms with Crippen LogP contribution in [0.1, 0.15) is 9.67 Å². The minimum atomic E-state index is 0.644. The lowest BCUT2D eigenvalue weighted by Crippen LogP contribution is -2.37. The van der Waals surface area contributed by atoms with Crippen LogP contribution in [0.2, 0.25) is 0 Å². The zero-order valence-corrected chi connectivity index (χ0v) is 18.1. The summed E-state index contributed by atoms with van der Waals surface area (Å²) in [5, 5.41) is 1.83. The van der Waals surface area contributed by atoms with Crippen LogP contribution in [-0.4, -0.2) is 68.9 Å². The summed E-state index contributed by atoms with van der Waals surface area (Å²) < 4.78 is 11.0. The van der Waals surface area contributed by atoms with E-state index in [1.54, 1.807) is 11.3 Å². The van der Waals surface area contributed by atoms with E-state index < -0.39 is 0 Å². The lowest BCUT2D eigenvalue weighted by Gasteiger charge is -2.28. The minimum Gasteiger partial charge on any atom is -0.378 e. The second kappa shape index (κ2) is 8.81. The van der Waals surface area contributed by atoms with Crippen LogP contribution >= 0.6 is 22.7 Å². The van der Waals surface area contributed by atoms with Crippen molar-refractivity contribution in [3.63, 3.8) is 0 Å². The molecule has 0 bridgehead atoms. The van der Waals surface area contributed by atoms with Gasteiger partial charge in [-0.25, -0.2) is 9.97 Å². The Morgan fingerprint density at radius 3 is 2.20 bits per heavy atom. The predicted octanol–water partition coefficient (Wildman–Crippen LogP) is 3.42. The van der Waals surface area contributed by atoms with Crippen molar-refractivity contribution in [3.05, 3.63) is 35.2 Å². The molecule has 0 spiro atoms. The van der Waals surface area contributed by atoms with Crippen LogP contribution in [-0.2, 0) is 9.47 Å². The lowest BCUT2D eigenvalue weighted by molar-refractivity contribution is 0.112. The second-order valence-electron chi connectivity index (χ2n) is 7.06. The second-order valence-corrected chi connectivity index (χ2v) is 9.07. The standard InChI is InChI=1S/C21H22N4O3S2/c26-14-16-17(15-4-2-1-3-5-15)22-20(29-16)18-19(24-6-10-27-11-7-24)23-21(30-18)25-8-12-28-13-9-25/h1-5,14H,6-13H2. The maximum atomic E-state index is 11.8. The average molecular weight is 443 g/mol. The Kier molecular flexibility index (Phi) is 5.76. The number of hydrogen-bond donors (Lipinski definition) is 0. The van der Waals surface area contributed by atoms with Crippen molar-refractivity contribution in [2.24, 2.45) is 0 Å². The molecule has 0 amide bonds. The van der Waals surface area contributed by atoms with E-state index in [0.717, 1.165) is 64.6 Å². The molecular formula is C21H22N4O3S2. The highest BCUT2D eigenvalue weighted by Crippen LogP contribution is 2.44. The van der Waals surface area contributed by atoms with Crippen LogP contribution in [0, 0.1) is 0 Å². The highest BCUT2D eigenvalue weighted by molar-refractivity contribution is 7.24. The number of aromatic nitrogens is 2. The number of nitrogens with zero attached hydrogens (tertiary/aromatic N) is 4. The van der Waals surface area contributed by atoms with Gasteiger partial charge in [0.15, 0.2) is 17.2 Å². The zero-order valence-electron chi connectivity index (χ0n) is 16.5. The number of benzene rings is 1. The summed E-state index contributed by atoms with van der Waals surface area (Å²) in [5.74, 6) is 0.940. The molecule has 1 aromatic carbocycles. The Morgan fingerprint density at radius 1 is 0.867 bits per heavy atom. The number of thiazole rings is 2. The summed E-state index contributed by atoms with van der Waals surface area (Å²) in [6.07, 6.45) is 0.905. The molecule has 0 N–H and O–H groups in total. The molecule has 5 rings (SSSR count). The number of hydrogen-bond acceptors (Lipinski definition) is 9. The van der Waals surface area contributed by atoms with E-state index in [1.165, 1.54) is 11.3 Å². The Balaban J connectivity index is 1.57. The van der Waals surface area contributed by atoms with Crippen LogP contribution in [0.5, 0.6) is 0 Å². The molecule has 3 aromatic rings. The van der Waals surface area contributed by atoms with E-state index >= 15 is 0 Å². The van der Waals surface area contributed by atoms with Gasteiger partial charge in [0.05, 0.1) is 37.0 Å². The topological polar surface area (TPSA) is 67.8 Å². The first-order valence-corrected chi connectivity index (χ1v) is 11.6. The molecule has 156 valence electrons. The molecule has 30 heavy (non-hydrogen) atoms. The number of rotatable bonds is 5. The largest absolute Gasteiger partial charge is 0.378 e. The molecule has 0 atom stereocenters. The van der Waals surface area contributed by atoms with Gasteiger partial charge in [-0.05, 0) is 0 Å². The maximum absolute atomic E-state index is 11.8. The fourth-order valence-electron chi connectivity index (χ4n) is 3.63. The lowest BCUT2D eigenvalue weighted by atomic mass is 10.1. The van der Waals surface area contributed by atoms with Crippen LogP contribution in [0.15, 0.2) is 30.3 Å². The van der Waals surface area contributed by atoms with Gasteiger partial charge in [0.1, 0.15) is 9.88 Å². The maximum Gasteiger partial charge on any atom is 0.188 e. The Hall–Kier alpha value is -2.33. The van der Waals surface area contributed by atoms with Crippen molar-refractivity contribution in [1.82, 2.24) is 9.97 Å². The van der Waals surface area contributed by atoms with Gasteiger partial charge in [-0.1, -0.05) is 41.7 Å². The van der Waals surface area contributed by atoms with Gasteiger partial charge < -0.3 is 19.3 Å². The normalized spacial score (nSPS) is 17.3. The fourth-order valence-corrected chi connectivity index (χ4v) is 5.74. The first-order chi connectivity index (χ1) is 14.8. The first-order valence-electron chi connectivity index (χ1n) is 10.0. The molecule has 2 aliphatic heterocycles. The number of morpholine rings is 2. The number of carbonyl (C=O) groups is 1. The molecule has 2 fully saturated rings. The molecule has 7 nitrogen and oxygen atoms in total. The van der Waals surface area contributed by atoms with Crippen LogP contribution in [0.4, 0.5) is 10.9 Å². The third-order valence-electron chi connectivity index (χ3n) is 5.19. The SMILES string of the molecule is O=Cc1sc(-c2sc(N3CCOCC3)nc2N2CCOCC2)nc1-c1ccccc1. The smallest absolute Gasteiger partial charge is 0.188 e. The molecule has 2 aromatic heterocycles. The summed E-state index contributed by atoms with van der Waals surface area (Å²) in [6, 6.07) is 9.86. The highest BCUT2D eigenvalue weighted by Gasteiger charge is 2.27. The molecule has 0 radical (unpaired) electrons. The van der Waals surface area contributed by atoms with Crippen LogP contribution < -0.4 is 9.80 Å². The minimum absolute atomic E-state index is 0.644. The summed E-state index contributed by atoms with van der Waals surface area (Å²) in [4.78, 5) is 27.9. The van der Waals surface area contributed by atoms with E-state index in [0.29, 0.717) is 31.3 Å². The van der Waals surface area contributed by atoms with Crippen molar-refractivity contribution in [2.75, 3.05) is 62.4 Å². The van der Waals surface area contributed by atoms with Gasteiger partial charge in [0.2, 0.25) is 0 Å². The molecule has 2 saturated heterocycles. The summed E-state index contributed by atoms with van der Waals surface area (Å²) in [5.41, 5.74) is 1.69. The van der Waals surface area contributed by atoms with E-state index in [-0.39, 0.29) is 0 Å². The van der Waals surface area contributed by atoms with Gasteiger partial charge in [0, 0.05) is 31.7 Å². The summed E-state index contributed by atoms with van der Waals surface area (Å²) in [6.45, 7) is 6.09. The fraction of sp³-hybridized carbons (Fsp3) is 0.381. The molecule has 2 aliphatic rings. The molecule has 0 unspecified atom stereocenters. The quantitative estimate of drug-likeness (QED) is 0.561. The van der Waals surface area contributed by atoms with Gasteiger partial charge in [-0.3, -0.25) is 4.79 Å². The number of anilines is 2. The van der Waals surface area contributed by atoms with Gasteiger partial charge in [-0.15, -0.1) is 11.3 Å². The van der Waals surface area contributed by atoms with Gasteiger partial charge in [-0.2, -0.15) is 0 Å². The summed E-state index contributed by atoms with van der Waals surface area (Å²) >= 11 is 3.08. The van der Waals surface area contributed by atoms with E-state index in [9.17, 15) is 4.79 Å². The predicted molar refractivity (Wildman–Crippen MR) is 120 cm³/mol. The van der Waals surface area contributed by atoms with Crippen molar-refractivity contribution < 1.29 is 14.3 Å². The number of ether oxygens (including phenoxy) is 2. The molecular weight excluding hydrogens is 420 g/mol. The Labute approximate surface area is 182 Å². The average Bonchev–Trinajstić information content (AvgIpc) is 3.45. The van der Waals surface area contributed by atoms with Crippen molar-refractivity contribution in [2.45, 2.75) is 0 Å². The molecule has 0 saturated carbocycles. The third-order valence-corrected chi connectivity index (χ3v) is 7.43. The number of aldehydes is 1. The van der Waals surface area contributed by atoms with Crippen molar-refractivity contribution >= 4 is 39.9 Å². The first kappa shape index (κ1) is 19.6. The van der Waals surface area contributed by atoms with E-state index in [2.05, 4.69) is 9.80 Å². The van der Waals surface area contributed by atoms with Gasteiger partial charge >= 0.3 is 0 Å². The third kappa shape index (κ3) is 3.85.